The number of ether oxygens (including phenoxy) is 2. The zero-order valence-electron chi connectivity index (χ0n) is 27.1. The first-order valence-electron chi connectivity index (χ1n) is 16.2. The molecule has 42 heavy (non-hydrogen) atoms. The molecule has 2 aromatic rings. The Morgan fingerprint density at radius 2 is 1.69 bits per heavy atom. The number of nitrogens with zero attached hydrogens (tertiary/aromatic N) is 1. The molecule has 2 saturated carbocycles. The Labute approximate surface area is 255 Å². The van der Waals surface area contributed by atoms with Gasteiger partial charge >= 0.3 is 5.97 Å². The normalized spacial score (nSPS) is 25.4. The molecule has 3 unspecified atom stereocenters. The first kappa shape index (κ1) is 32.7. The molecule has 0 aliphatic heterocycles. The van der Waals surface area contributed by atoms with Crippen LogP contribution in [0, 0.1) is 22.7 Å². The highest BCUT2D eigenvalue weighted by Gasteiger charge is 2.65. The average molecular weight is 578 g/mol. The largest absolute Gasteiger partial charge is 0.460 e. The number of aliphatic hydroxyl groups is 1. The highest BCUT2D eigenvalue weighted by atomic mass is 16.6. The fourth-order valence-electron chi connectivity index (χ4n) is 8.08. The molecule has 0 saturated heterocycles. The van der Waals surface area contributed by atoms with Crippen LogP contribution in [0.15, 0.2) is 60.7 Å². The van der Waals surface area contributed by atoms with Crippen LogP contribution in [0.2, 0.25) is 0 Å². The van der Waals surface area contributed by atoms with Crippen molar-refractivity contribution in [3.05, 3.63) is 71.8 Å². The molecular formula is C37H55NO4. The van der Waals surface area contributed by atoms with E-state index in [1.165, 1.54) is 12.0 Å². The lowest BCUT2D eigenvalue weighted by Crippen LogP contribution is -2.52. The molecule has 2 aliphatic carbocycles. The van der Waals surface area contributed by atoms with Gasteiger partial charge in [-0.25, -0.2) is 0 Å². The van der Waals surface area contributed by atoms with Crippen molar-refractivity contribution in [3.8, 4) is 0 Å². The minimum absolute atomic E-state index is 0.0557. The molecule has 6 atom stereocenters. The molecule has 4 rings (SSSR count). The van der Waals surface area contributed by atoms with Gasteiger partial charge in [-0.15, -0.1) is 0 Å². The van der Waals surface area contributed by atoms with Crippen molar-refractivity contribution in [1.29, 1.82) is 0 Å². The molecular weight excluding hydrogens is 522 g/mol. The van der Waals surface area contributed by atoms with E-state index in [1.807, 2.05) is 52.1 Å². The lowest BCUT2D eigenvalue weighted by Gasteiger charge is -2.48. The molecule has 0 radical (unpaired) electrons. The van der Waals surface area contributed by atoms with Crippen molar-refractivity contribution in [1.82, 2.24) is 4.90 Å². The van der Waals surface area contributed by atoms with Crippen molar-refractivity contribution in [2.45, 2.75) is 117 Å². The van der Waals surface area contributed by atoms with Gasteiger partial charge in [0.25, 0.3) is 0 Å². The summed E-state index contributed by atoms with van der Waals surface area (Å²) in [6.07, 6.45) is 6.26. The maximum atomic E-state index is 14.2. The number of aliphatic hydroxyl groups excluding tert-OH is 1. The Bertz CT molecular complexity index is 1130. The number of carbonyl (C=O) groups excluding carboxylic acids is 1. The van der Waals surface area contributed by atoms with E-state index in [4.69, 9.17) is 9.47 Å². The molecule has 2 aromatic carbocycles. The first-order chi connectivity index (χ1) is 19.9. The Balaban J connectivity index is 1.85. The number of rotatable bonds is 14. The lowest BCUT2D eigenvalue weighted by atomic mass is 9.67. The minimum atomic E-state index is -0.821. The Morgan fingerprint density at radius 3 is 2.26 bits per heavy atom. The SMILES string of the molecule is CCCCCC(O)C(C(=O)OC(C)(C)C)C(c1ccccc1)N(Cc1ccccc1)C[C@]12CC[C@H](C[C@H]1OC)C2(C)C. The topological polar surface area (TPSA) is 59.0 Å². The summed E-state index contributed by atoms with van der Waals surface area (Å²) in [6.45, 7) is 14.2. The standard InChI is InChI=1S/C37H55NO4/c1-8-9-12-21-30(39)32(34(40)42-35(2,3)4)33(28-19-15-11-16-20-28)38(25-27-17-13-10-14-18-27)26-37-23-22-29(36(37,5)6)24-31(37)41-7/h10-11,13-20,29-33,39H,8-9,12,21-26H2,1-7H3/t29-,30?,31-,32?,33?,37-/m1/s1. The van der Waals surface area contributed by atoms with E-state index in [1.54, 1.807) is 0 Å². The quantitative estimate of drug-likeness (QED) is 0.182. The van der Waals surface area contributed by atoms with Gasteiger partial charge in [0.15, 0.2) is 0 Å². The van der Waals surface area contributed by atoms with Gasteiger partial charge in [0, 0.05) is 25.6 Å². The predicted octanol–water partition coefficient (Wildman–Crippen LogP) is 7.97. The molecule has 232 valence electrons. The fraction of sp³-hybridized carbons (Fsp3) is 0.649. The van der Waals surface area contributed by atoms with Crippen LogP contribution in [0.1, 0.15) is 104 Å². The monoisotopic (exact) mass is 577 g/mol. The maximum Gasteiger partial charge on any atom is 0.314 e. The second kappa shape index (κ2) is 13.6. The average Bonchev–Trinajstić information content (AvgIpc) is 3.31. The predicted molar refractivity (Wildman–Crippen MR) is 170 cm³/mol. The van der Waals surface area contributed by atoms with Crippen molar-refractivity contribution in [2.24, 2.45) is 22.7 Å². The van der Waals surface area contributed by atoms with Crippen molar-refractivity contribution in [2.75, 3.05) is 13.7 Å². The fourth-order valence-corrected chi connectivity index (χ4v) is 8.08. The Hall–Kier alpha value is -2.21. The van der Waals surface area contributed by atoms with Gasteiger partial charge in [-0.1, -0.05) is 101 Å². The third-order valence-corrected chi connectivity index (χ3v) is 10.4. The minimum Gasteiger partial charge on any atom is -0.460 e. The zero-order chi connectivity index (χ0) is 30.5. The van der Waals surface area contributed by atoms with E-state index < -0.39 is 17.6 Å². The van der Waals surface area contributed by atoms with E-state index in [2.05, 4.69) is 62.1 Å². The summed E-state index contributed by atoms with van der Waals surface area (Å²) in [5.41, 5.74) is 1.62. The number of hydrogen-bond acceptors (Lipinski definition) is 5. The van der Waals surface area contributed by atoms with Gasteiger partial charge in [0.05, 0.1) is 18.2 Å². The number of benzene rings is 2. The molecule has 5 nitrogen and oxygen atoms in total. The lowest BCUT2D eigenvalue weighted by molar-refractivity contribution is -0.169. The molecule has 2 fully saturated rings. The number of methoxy groups -OCH3 is 1. The van der Waals surface area contributed by atoms with Crippen molar-refractivity contribution in [3.63, 3.8) is 0 Å². The Morgan fingerprint density at radius 1 is 1.05 bits per heavy atom. The number of fused-ring (bicyclic) bond motifs is 2. The van der Waals surface area contributed by atoms with Gasteiger partial charge in [-0.3, -0.25) is 9.69 Å². The summed E-state index contributed by atoms with van der Waals surface area (Å²) in [7, 11) is 1.86. The number of carbonyl (C=O) groups is 1. The molecule has 0 amide bonds. The molecule has 0 heterocycles. The van der Waals surface area contributed by atoms with Crippen molar-refractivity contribution < 1.29 is 19.4 Å². The summed E-state index contributed by atoms with van der Waals surface area (Å²) in [5, 5.41) is 11.9. The summed E-state index contributed by atoms with van der Waals surface area (Å²) in [6, 6.07) is 20.5. The summed E-state index contributed by atoms with van der Waals surface area (Å²) in [4.78, 5) is 16.7. The van der Waals surface area contributed by atoms with Crippen LogP contribution in [0.5, 0.6) is 0 Å². The number of unbranched alkanes of at least 4 members (excludes halogenated alkanes) is 2. The van der Waals surface area contributed by atoms with E-state index in [0.29, 0.717) is 18.9 Å². The van der Waals surface area contributed by atoms with Crippen LogP contribution < -0.4 is 0 Å². The molecule has 2 aliphatic rings. The second-order valence-corrected chi connectivity index (χ2v) is 14.4. The van der Waals surface area contributed by atoms with Crippen LogP contribution in [0.25, 0.3) is 0 Å². The Kier molecular flexibility index (Phi) is 10.6. The zero-order valence-corrected chi connectivity index (χ0v) is 27.1. The van der Waals surface area contributed by atoms with Gasteiger partial charge < -0.3 is 14.6 Å². The highest BCUT2D eigenvalue weighted by Crippen LogP contribution is 2.67. The van der Waals surface area contributed by atoms with E-state index >= 15 is 0 Å². The molecule has 1 N–H and O–H groups in total. The van der Waals surface area contributed by atoms with Crippen LogP contribution >= 0.6 is 0 Å². The van der Waals surface area contributed by atoms with Crippen LogP contribution in [0.4, 0.5) is 0 Å². The van der Waals surface area contributed by atoms with Crippen molar-refractivity contribution >= 4 is 5.97 Å². The van der Waals surface area contributed by atoms with E-state index in [-0.39, 0.29) is 28.9 Å². The van der Waals surface area contributed by atoms with E-state index in [9.17, 15) is 9.90 Å². The molecule has 5 heteroatoms. The summed E-state index contributed by atoms with van der Waals surface area (Å²) >= 11 is 0. The molecule has 2 bridgehead atoms. The van der Waals surface area contributed by atoms with Gasteiger partial charge in [-0.2, -0.15) is 0 Å². The third-order valence-electron chi connectivity index (χ3n) is 10.4. The van der Waals surface area contributed by atoms with Gasteiger partial charge in [0.1, 0.15) is 11.5 Å². The maximum absolute atomic E-state index is 14.2. The number of esters is 1. The van der Waals surface area contributed by atoms with Crippen LogP contribution in [-0.2, 0) is 20.8 Å². The van der Waals surface area contributed by atoms with Crippen LogP contribution in [-0.4, -0.2) is 47.4 Å². The van der Waals surface area contributed by atoms with Gasteiger partial charge in [0.2, 0.25) is 0 Å². The third kappa shape index (κ3) is 6.95. The van der Waals surface area contributed by atoms with Crippen LogP contribution in [0.3, 0.4) is 0 Å². The molecule has 0 aromatic heterocycles. The highest BCUT2D eigenvalue weighted by molar-refractivity contribution is 5.75. The smallest absolute Gasteiger partial charge is 0.314 e. The molecule has 0 spiro atoms. The first-order valence-corrected chi connectivity index (χ1v) is 16.2. The number of hydrogen-bond donors (Lipinski definition) is 1. The van der Waals surface area contributed by atoms with E-state index in [0.717, 1.165) is 44.2 Å². The summed E-state index contributed by atoms with van der Waals surface area (Å²) in [5.74, 6) is -0.432. The second-order valence-electron chi connectivity index (χ2n) is 14.4. The summed E-state index contributed by atoms with van der Waals surface area (Å²) < 4.78 is 12.3. The van der Waals surface area contributed by atoms with Gasteiger partial charge in [-0.05, 0) is 68.9 Å².